The molecule has 1 saturated heterocycles. The van der Waals surface area contributed by atoms with Gasteiger partial charge in [0.15, 0.2) is 0 Å². The highest BCUT2D eigenvalue weighted by Gasteiger charge is 2.27. The maximum atomic E-state index is 12.2. The van der Waals surface area contributed by atoms with Gasteiger partial charge < -0.3 is 19.8 Å². The number of aromatic hydroxyl groups is 1. The number of aliphatic hydroxyl groups excluding tert-OH is 1. The van der Waals surface area contributed by atoms with Gasteiger partial charge in [0.2, 0.25) is 5.91 Å². The molecule has 6 heteroatoms. The summed E-state index contributed by atoms with van der Waals surface area (Å²) in [7, 11) is 0. The van der Waals surface area contributed by atoms with Gasteiger partial charge in [0.1, 0.15) is 12.4 Å². The van der Waals surface area contributed by atoms with E-state index in [0.717, 1.165) is 18.4 Å². The van der Waals surface area contributed by atoms with Crippen LogP contribution in [0.15, 0.2) is 24.3 Å². The van der Waals surface area contributed by atoms with Crippen LogP contribution in [0.2, 0.25) is 0 Å². The van der Waals surface area contributed by atoms with Crippen LogP contribution >= 0.6 is 0 Å². The van der Waals surface area contributed by atoms with E-state index >= 15 is 0 Å². The molecule has 0 bridgehead atoms. The summed E-state index contributed by atoms with van der Waals surface area (Å²) in [6.07, 6.45) is 4.80. The SMILES string of the molecule is C.O=COCC1CCCN1C(=O)/C=C/c1ccc(O)c(CO)c1. The number of carbonyl (C=O) groups excluding carboxylic acids is 2. The lowest BCUT2D eigenvalue weighted by Gasteiger charge is -2.22. The zero-order valence-electron chi connectivity index (χ0n) is 12.1. The molecule has 0 spiro atoms. The third-order valence-corrected chi connectivity index (χ3v) is 3.71. The van der Waals surface area contributed by atoms with Crippen LogP contribution in [-0.2, 0) is 20.9 Å². The summed E-state index contributed by atoms with van der Waals surface area (Å²) in [5.41, 5.74) is 1.13. The van der Waals surface area contributed by atoms with Gasteiger partial charge in [0, 0.05) is 18.2 Å². The molecular formula is C17H23NO5. The van der Waals surface area contributed by atoms with Gasteiger partial charge in [-0.15, -0.1) is 0 Å². The zero-order valence-corrected chi connectivity index (χ0v) is 12.1. The van der Waals surface area contributed by atoms with E-state index in [-0.39, 0.29) is 38.3 Å². The number of rotatable bonds is 6. The molecule has 0 aliphatic carbocycles. The minimum Gasteiger partial charge on any atom is -0.508 e. The van der Waals surface area contributed by atoms with E-state index in [1.54, 1.807) is 23.1 Å². The molecule has 0 saturated carbocycles. The number of benzene rings is 1. The Labute approximate surface area is 136 Å². The summed E-state index contributed by atoms with van der Waals surface area (Å²) < 4.78 is 4.75. The second-order valence-electron chi connectivity index (χ2n) is 5.14. The Morgan fingerprint density at radius 2 is 2.22 bits per heavy atom. The van der Waals surface area contributed by atoms with Gasteiger partial charge in [0.25, 0.3) is 6.47 Å². The molecule has 1 aromatic rings. The predicted molar refractivity (Wildman–Crippen MR) is 86.5 cm³/mol. The summed E-state index contributed by atoms with van der Waals surface area (Å²) >= 11 is 0. The molecule has 1 amide bonds. The van der Waals surface area contributed by atoms with E-state index in [1.807, 2.05) is 0 Å². The fourth-order valence-corrected chi connectivity index (χ4v) is 2.55. The quantitative estimate of drug-likeness (QED) is 0.615. The zero-order chi connectivity index (χ0) is 15.9. The Morgan fingerprint density at radius 3 is 2.91 bits per heavy atom. The van der Waals surface area contributed by atoms with Crippen molar-refractivity contribution in [3.8, 4) is 5.75 Å². The number of nitrogens with zero attached hydrogens (tertiary/aromatic N) is 1. The van der Waals surface area contributed by atoms with Gasteiger partial charge in [-0.1, -0.05) is 13.5 Å². The third kappa shape index (κ3) is 4.82. The van der Waals surface area contributed by atoms with Crippen molar-refractivity contribution in [1.82, 2.24) is 4.90 Å². The molecule has 2 rings (SSSR count). The standard InChI is InChI=1S/C16H19NO5.CH4/c18-9-13-8-12(3-5-15(13)20)4-6-16(21)17-7-1-2-14(17)10-22-11-19;/h3-6,8,11,14,18,20H,1-2,7,9-10H2;1H4/b6-4+;. The molecule has 23 heavy (non-hydrogen) atoms. The summed E-state index contributed by atoms with van der Waals surface area (Å²) in [5.74, 6) is -0.118. The maximum Gasteiger partial charge on any atom is 0.293 e. The first-order chi connectivity index (χ1) is 10.7. The van der Waals surface area contributed by atoms with Crippen LogP contribution in [0.25, 0.3) is 6.08 Å². The van der Waals surface area contributed by atoms with Crippen LogP contribution in [0, 0.1) is 0 Å². The highest BCUT2D eigenvalue weighted by molar-refractivity contribution is 5.92. The van der Waals surface area contributed by atoms with Crippen molar-refractivity contribution in [3.05, 3.63) is 35.4 Å². The number of likely N-dealkylation sites (tertiary alicyclic amines) is 1. The van der Waals surface area contributed by atoms with Gasteiger partial charge in [-0.05, 0) is 36.6 Å². The van der Waals surface area contributed by atoms with Crippen molar-refractivity contribution >= 4 is 18.5 Å². The third-order valence-electron chi connectivity index (χ3n) is 3.71. The summed E-state index contributed by atoms with van der Waals surface area (Å²) in [5, 5.41) is 18.6. The van der Waals surface area contributed by atoms with Crippen LogP contribution in [0.4, 0.5) is 0 Å². The molecule has 6 nitrogen and oxygen atoms in total. The van der Waals surface area contributed by atoms with Crippen molar-refractivity contribution in [3.63, 3.8) is 0 Å². The highest BCUT2D eigenvalue weighted by atomic mass is 16.5. The number of hydrogen-bond acceptors (Lipinski definition) is 5. The molecule has 1 unspecified atom stereocenters. The number of hydrogen-bond donors (Lipinski definition) is 2. The van der Waals surface area contributed by atoms with Crippen LogP contribution in [-0.4, -0.2) is 46.7 Å². The van der Waals surface area contributed by atoms with E-state index in [9.17, 15) is 14.7 Å². The molecule has 2 N–H and O–H groups in total. The number of carbonyl (C=O) groups is 2. The van der Waals surface area contributed by atoms with Crippen LogP contribution in [0.3, 0.4) is 0 Å². The van der Waals surface area contributed by atoms with Crippen molar-refractivity contribution in [2.24, 2.45) is 0 Å². The van der Waals surface area contributed by atoms with Gasteiger partial charge in [-0.2, -0.15) is 0 Å². The fourth-order valence-electron chi connectivity index (χ4n) is 2.55. The summed E-state index contributed by atoms with van der Waals surface area (Å²) in [6, 6.07) is 4.69. The Morgan fingerprint density at radius 1 is 1.43 bits per heavy atom. The summed E-state index contributed by atoms with van der Waals surface area (Å²) in [4.78, 5) is 24.2. The topological polar surface area (TPSA) is 87.1 Å². The van der Waals surface area contributed by atoms with Crippen molar-refractivity contribution < 1.29 is 24.5 Å². The van der Waals surface area contributed by atoms with E-state index in [2.05, 4.69) is 0 Å². The Hall–Kier alpha value is -2.34. The number of aliphatic hydroxyl groups is 1. The summed E-state index contributed by atoms with van der Waals surface area (Å²) in [6.45, 7) is 0.993. The molecular weight excluding hydrogens is 298 g/mol. The van der Waals surface area contributed by atoms with Crippen molar-refractivity contribution in [2.75, 3.05) is 13.2 Å². The van der Waals surface area contributed by atoms with E-state index < -0.39 is 0 Å². The largest absolute Gasteiger partial charge is 0.508 e. The Kier molecular flexibility index (Phi) is 7.28. The average Bonchev–Trinajstić information content (AvgIpc) is 3.00. The van der Waals surface area contributed by atoms with Gasteiger partial charge in [-0.25, -0.2) is 0 Å². The number of amides is 1. The van der Waals surface area contributed by atoms with E-state index in [1.165, 1.54) is 12.1 Å². The van der Waals surface area contributed by atoms with Crippen LogP contribution in [0.5, 0.6) is 5.75 Å². The number of phenols is 1. The molecule has 1 aromatic carbocycles. The second kappa shape index (κ2) is 8.95. The molecule has 1 heterocycles. The number of ether oxygens (including phenoxy) is 1. The Bertz CT molecular complexity index is 570. The maximum absolute atomic E-state index is 12.2. The van der Waals surface area contributed by atoms with E-state index in [0.29, 0.717) is 18.6 Å². The molecule has 126 valence electrons. The minimum absolute atomic E-state index is 0. The normalized spacial score (nSPS) is 17.1. The molecule has 0 aromatic heterocycles. The van der Waals surface area contributed by atoms with Crippen LogP contribution in [0.1, 0.15) is 31.4 Å². The van der Waals surface area contributed by atoms with Gasteiger partial charge in [0.05, 0.1) is 12.6 Å². The van der Waals surface area contributed by atoms with Gasteiger partial charge in [-0.3, -0.25) is 9.59 Å². The Balaban J connectivity index is 0.00000264. The van der Waals surface area contributed by atoms with Crippen molar-refractivity contribution in [1.29, 1.82) is 0 Å². The molecule has 0 radical (unpaired) electrons. The monoisotopic (exact) mass is 321 g/mol. The van der Waals surface area contributed by atoms with Crippen LogP contribution < -0.4 is 0 Å². The molecule has 1 aliphatic heterocycles. The van der Waals surface area contributed by atoms with Crippen molar-refractivity contribution in [2.45, 2.75) is 32.9 Å². The fraction of sp³-hybridized carbons (Fsp3) is 0.412. The second-order valence-corrected chi connectivity index (χ2v) is 5.14. The predicted octanol–water partition coefficient (Wildman–Crippen LogP) is 1.70. The smallest absolute Gasteiger partial charge is 0.293 e. The first kappa shape index (κ1) is 18.7. The lowest BCUT2D eigenvalue weighted by atomic mass is 10.1. The average molecular weight is 321 g/mol. The lowest BCUT2D eigenvalue weighted by Crippen LogP contribution is -2.37. The minimum atomic E-state index is -0.265. The molecule has 1 fully saturated rings. The first-order valence-corrected chi connectivity index (χ1v) is 7.12. The van der Waals surface area contributed by atoms with E-state index in [4.69, 9.17) is 9.84 Å². The van der Waals surface area contributed by atoms with Gasteiger partial charge >= 0.3 is 0 Å². The first-order valence-electron chi connectivity index (χ1n) is 7.12. The molecule has 1 aliphatic rings. The molecule has 1 atom stereocenters. The highest BCUT2D eigenvalue weighted by Crippen LogP contribution is 2.20. The lowest BCUT2D eigenvalue weighted by molar-refractivity contribution is -0.134.